The lowest BCUT2D eigenvalue weighted by Gasteiger charge is -2.22. The summed E-state index contributed by atoms with van der Waals surface area (Å²) in [6.45, 7) is -2.53. The van der Waals surface area contributed by atoms with E-state index in [1.807, 2.05) is 0 Å². The van der Waals surface area contributed by atoms with Crippen LogP contribution in [0.2, 0.25) is 0 Å². The van der Waals surface area contributed by atoms with Crippen molar-refractivity contribution in [3.05, 3.63) is 30.1 Å². The van der Waals surface area contributed by atoms with Crippen molar-refractivity contribution < 1.29 is 27.9 Å². The molecule has 0 fully saturated rings. The molecule has 0 atom stereocenters. The number of alkyl halides is 3. The number of nitrogens with zero attached hydrogens (tertiary/aromatic N) is 2. The second-order valence-electron chi connectivity index (χ2n) is 4.12. The predicted molar refractivity (Wildman–Crippen MR) is 62.8 cm³/mol. The molecule has 0 bridgehead atoms. The third-order valence-corrected chi connectivity index (χ3v) is 2.40. The molecule has 20 heavy (non-hydrogen) atoms. The molecule has 1 amide bonds. The van der Waals surface area contributed by atoms with Crippen LogP contribution in [0.15, 0.2) is 24.5 Å². The molecule has 0 aliphatic heterocycles. The molecule has 0 aliphatic rings. The molecule has 5 nitrogen and oxygen atoms in total. The molecule has 0 unspecified atom stereocenters. The van der Waals surface area contributed by atoms with Crippen molar-refractivity contribution in [2.45, 2.75) is 19.0 Å². The Bertz CT molecular complexity index is 463. The summed E-state index contributed by atoms with van der Waals surface area (Å²) in [4.78, 5) is 26.3. The van der Waals surface area contributed by atoms with Gasteiger partial charge in [0, 0.05) is 18.8 Å². The van der Waals surface area contributed by atoms with Gasteiger partial charge in [0.25, 0.3) is 0 Å². The lowest BCUT2D eigenvalue weighted by molar-refractivity contribution is -0.165. The molecule has 0 aliphatic carbocycles. The van der Waals surface area contributed by atoms with Gasteiger partial charge in [-0.1, -0.05) is 6.07 Å². The maximum atomic E-state index is 12.3. The van der Waals surface area contributed by atoms with Crippen LogP contribution in [0, 0.1) is 0 Å². The van der Waals surface area contributed by atoms with Crippen molar-refractivity contribution in [2.75, 3.05) is 13.1 Å². The number of aryl methyl sites for hydroxylation is 1. The van der Waals surface area contributed by atoms with E-state index in [-0.39, 0.29) is 12.8 Å². The number of aromatic nitrogens is 1. The summed E-state index contributed by atoms with van der Waals surface area (Å²) in [5, 5.41) is 8.54. The number of aliphatic carboxylic acids is 1. The molecule has 0 saturated carbocycles. The van der Waals surface area contributed by atoms with E-state index >= 15 is 0 Å². The fraction of sp³-hybridized carbons (Fsp3) is 0.417. The minimum absolute atomic E-state index is 0.199. The van der Waals surface area contributed by atoms with Gasteiger partial charge in [-0.15, -0.1) is 0 Å². The van der Waals surface area contributed by atoms with E-state index in [2.05, 4.69) is 4.98 Å². The number of carbonyl (C=O) groups is 2. The molecule has 110 valence electrons. The fourth-order valence-electron chi connectivity index (χ4n) is 1.57. The van der Waals surface area contributed by atoms with E-state index in [4.69, 9.17) is 5.11 Å². The minimum Gasteiger partial charge on any atom is -0.480 e. The first-order valence-electron chi connectivity index (χ1n) is 5.73. The van der Waals surface area contributed by atoms with Crippen LogP contribution < -0.4 is 0 Å². The molecular weight excluding hydrogens is 277 g/mol. The van der Waals surface area contributed by atoms with Gasteiger partial charge in [-0.2, -0.15) is 13.2 Å². The van der Waals surface area contributed by atoms with Gasteiger partial charge < -0.3 is 10.0 Å². The molecule has 8 heteroatoms. The Labute approximate surface area is 113 Å². The summed E-state index contributed by atoms with van der Waals surface area (Å²) in [5.41, 5.74) is 0.697. The number of hydrogen-bond donors (Lipinski definition) is 1. The van der Waals surface area contributed by atoms with E-state index in [0.717, 1.165) is 0 Å². The highest BCUT2D eigenvalue weighted by Crippen LogP contribution is 2.17. The second kappa shape index (κ2) is 6.88. The largest absolute Gasteiger partial charge is 0.480 e. The van der Waals surface area contributed by atoms with Gasteiger partial charge in [-0.25, -0.2) is 0 Å². The highest BCUT2D eigenvalue weighted by Gasteiger charge is 2.33. The fourth-order valence-corrected chi connectivity index (χ4v) is 1.57. The summed E-state index contributed by atoms with van der Waals surface area (Å²) in [5.74, 6) is -2.34. The zero-order valence-corrected chi connectivity index (χ0v) is 10.4. The Morgan fingerprint density at radius 1 is 1.35 bits per heavy atom. The Hall–Kier alpha value is -2.12. The number of rotatable bonds is 6. The number of halogens is 3. The van der Waals surface area contributed by atoms with Gasteiger partial charge in [0.2, 0.25) is 5.91 Å². The maximum Gasteiger partial charge on any atom is 0.406 e. The van der Waals surface area contributed by atoms with Gasteiger partial charge in [-0.05, 0) is 18.1 Å². The second-order valence-corrected chi connectivity index (χ2v) is 4.12. The molecular formula is C12H13F3N2O3. The average molecular weight is 290 g/mol. The Kier molecular flexibility index (Phi) is 5.48. The first-order chi connectivity index (χ1) is 9.28. The zero-order chi connectivity index (χ0) is 15.2. The SMILES string of the molecule is O=C(O)CN(CC(F)(F)F)C(=O)CCc1cccnc1. The van der Waals surface area contributed by atoms with Crippen molar-refractivity contribution in [2.24, 2.45) is 0 Å². The molecule has 0 spiro atoms. The summed E-state index contributed by atoms with van der Waals surface area (Å²) < 4.78 is 36.8. The van der Waals surface area contributed by atoms with E-state index in [9.17, 15) is 22.8 Å². The molecule has 0 aromatic carbocycles. The van der Waals surface area contributed by atoms with Crippen LogP contribution in [0.5, 0.6) is 0 Å². The quantitative estimate of drug-likeness (QED) is 0.861. The van der Waals surface area contributed by atoms with E-state index in [0.29, 0.717) is 10.5 Å². The maximum absolute atomic E-state index is 12.3. The molecule has 1 heterocycles. The third-order valence-electron chi connectivity index (χ3n) is 2.40. The van der Waals surface area contributed by atoms with Crippen LogP contribution in [-0.2, 0) is 16.0 Å². The lowest BCUT2D eigenvalue weighted by Crippen LogP contribution is -2.42. The van der Waals surface area contributed by atoms with E-state index in [1.54, 1.807) is 12.1 Å². The van der Waals surface area contributed by atoms with Crippen LogP contribution in [0.1, 0.15) is 12.0 Å². The van der Waals surface area contributed by atoms with Crippen molar-refractivity contribution in [1.82, 2.24) is 9.88 Å². The van der Waals surface area contributed by atoms with Gasteiger partial charge in [-0.3, -0.25) is 14.6 Å². The van der Waals surface area contributed by atoms with Crippen LogP contribution in [0.25, 0.3) is 0 Å². The minimum atomic E-state index is -4.63. The Balaban J connectivity index is 2.61. The van der Waals surface area contributed by atoms with Gasteiger partial charge >= 0.3 is 12.1 Å². The number of pyridine rings is 1. The molecule has 1 rings (SSSR count). The van der Waals surface area contributed by atoms with Crippen molar-refractivity contribution in [3.8, 4) is 0 Å². The van der Waals surface area contributed by atoms with Gasteiger partial charge in [0.15, 0.2) is 0 Å². The van der Waals surface area contributed by atoms with Crippen LogP contribution in [0.4, 0.5) is 13.2 Å². The molecule has 1 aromatic heterocycles. The smallest absolute Gasteiger partial charge is 0.406 e. The average Bonchev–Trinajstić information content (AvgIpc) is 2.34. The number of amides is 1. The Morgan fingerprint density at radius 2 is 2.05 bits per heavy atom. The molecule has 0 radical (unpaired) electrons. The van der Waals surface area contributed by atoms with Crippen molar-refractivity contribution in [1.29, 1.82) is 0 Å². The highest BCUT2D eigenvalue weighted by molar-refractivity contribution is 5.81. The van der Waals surface area contributed by atoms with Crippen LogP contribution in [0.3, 0.4) is 0 Å². The first kappa shape index (κ1) is 15.9. The van der Waals surface area contributed by atoms with Crippen molar-refractivity contribution >= 4 is 11.9 Å². The number of hydrogen-bond acceptors (Lipinski definition) is 3. The number of carboxylic acids is 1. The van der Waals surface area contributed by atoms with E-state index < -0.39 is 31.1 Å². The highest BCUT2D eigenvalue weighted by atomic mass is 19.4. The monoisotopic (exact) mass is 290 g/mol. The zero-order valence-electron chi connectivity index (χ0n) is 10.4. The third kappa shape index (κ3) is 6.17. The molecule has 1 aromatic rings. The van der Waals surface area contributed by atoms with Gasteiger partial charge in [0.1, 0.15) is 13.1 Å². The standard InChI is InChI=1S/C12H13F3N2O3/c13-12(14,15)8-17(7-11(19)20)10(18)4-3-9-2-1-5-16-6-9/h1-2,5-6H,3-4,7-8H2,(H,19,20). The summed E-state index contributed by atoms with van der Waals surface area (Å²) in [6.07, 6.45) is -1.58. The molecule has 1 N–H and O–H groups in total. The predicted octanol–water partition coefficient (Wildman–Crippen LogP) is 1.49. The lowest BCUT2D eigenvalue weighted by atomic mass is 10.1. The number of carboxylic acid groups (broad SMARTS) is 1. The van der Waals surface area contributed by atoms with E-state index in [1.165, 1.54) is 12.4 Å². The number of carbonyl (C=O) groups excluding carboxylic acids is 1. The van der Waals surface area contributed by atoms with Gasteiger partial charge in [0.05, 0.1) is 0 Å². The van der Waals surface area contributed by atoms with Crippen LogP contribution >= 0.6 is 0 Å². The summed E-state index contributed by atoms with van der Waals surface area (Å²) in [6, 6.07) is 3.33. The summed E-state index contributed by atoms with van der Waals surface area (Å²) in [7, 11) is 0. The normalized spacial score (nSPS) is 11.2. The molecule has 0 saturated heterocycles. The Morgan fingerprint density at radius 3 is 2.55 bits per heavy atom. The topological polar surface area (TPSA) is 70.5 Å². The van der Waals surface area contributed by atoms with Crippen LogP contribution in [-0.4, -0.2) is 46.1 Å². The summed E-state index contributed by atoms with van der Waals surface area (Å²) >= 11 is 0. The first-order valence-corrected chi connectivity index (χ1v) is 5.73. The van der Waals surface area contributed by atoms with Crippen molar-refractivity contribution in [3.63, 3.8) is 0 Å².